The fourth-order valence-electron chi connectivity index (χ4n) is 1.25. The highest BCUT2D eigenvalue weighted by Crippen LogP contribution is 2.07. The third-order valence-electron chi connectivity index (χ3n) is 2.07. The Morgan fingerprint density at radius 3 is 3.15 bits per heavy atom. The van der Waals surface area contributed by atoms with Crippen molar-refractivity contribution < 1.29 is 4.79 Å². The molecule has 4 heteroatoms. The maximum absolute atomic E-state index is 11.5. The van der Waals surface area contributed by atoms with E-state index in [4.69, 9.17) is 0 Å². The van der Waals surface area contributed by atoms with Crippen LogP contribution in [0.15, 0.2) is 0 Å². The van der Waals surface area contributed by atoms with Gasteiger partial charge in [0.1, 0.15) is 0 Å². The largest absolute Gasteiger partial charge is 0.355 e. The van der Waals surface area contributed by atoms with E-state index in [9.17, 15) is 4.79 Å². The molecule has 3 nitrogen and oxygen atoms in total. The number of carbonyl (C=O) groups is 1. The third-order valence-corrected chi connectivity index (χ3v) is 3.13. The Hall–Kier alpha value is -0.220. The molecule has 0 bridgehead atoms. The maximum atomic E-state index is 11.5. The first-order valence-electron chi connectivity index (χ1n) is 4.93. The lowest BCUT2D eigenvalue weighted by Gasteiger charge is -2.22. The van der Waals surface area contributed by atoms with Crippen LogP contribution in [0.5, 0.6) is 0 Å². The van der Waals surface area contributed by atoms with E-state index >= 15 is 0 Å². The molecule has 0 radical (unpaired) electrons. The van der Waals surface area contributed by atoms with Crippen molar-refractivity contribution in [2.45, 2.75) is 25.8 Å². The Kier molecular flexibility index (Phi) is 5.23. The summed E-state index contributed by atoms with van der Waals surface area (Å²) in [5, 5.41) is 6.15. The lowest BCUT2D eigenvalue weighted by molar-refractivity contribution is -0.122. The average Bonchev–Trinajstić information content (AvgIpc) is 2.19. The number of hydrogen-bond donors (Lipinski definition) is 2. The van der Waals surface area contributed by atoms with Crippen molar-refractivity contribution in [2.75, 3.05) is 24.6 Å². The van der Waals surface area contributed by atoms with Crippen LogP contribution < -0.4 is 10.6 Å². The van der Waals surface area contributed by atoms with Crippen molar-refractivity contribution in [2.24, 2.45) is 0 Å². The normalized spacial score (nSPS) is 22.7. The second kappa shape index (κ2) is 6.27. The van der Waals surface area contributed by atoms with Gasteiger partial charge < -0.3 is 10.6 Å². The second-order valence-electron chi connectivity index (χ2n) is 3.23. The molecule has 1 aliphatic heterocycles. The molecule has 0 saturated carbocycles. The van der Waals surface area contributed by atoms with Gasteiger partial charge in [-0.25, -0.2) is 0 Å². The van der Waals surface area contributed by atoms with Crippen molar-refractivity contribution in [3.63, 3.8) is 0 Å². The summed E-state index contributed by atoms with van der Waals surface area (Å²) in [6, 6.07) is 0.0376. The highest BCUT2D eigenvalue weighted by atomic mass is 32.2. The van der Waals surface area contributed by atoms with Crippen LogP contribution in [0.1, 0.15) is 19.8 Å². The number of nitrogens with one attached hydrogen (secondary N) is 2. The van der Waals surface area contributed by atoms with Gasteiger partial charge in [0, 0.05) is 24.6 Å². The van der Waals surface area contributed by atoms with E-state index in [-0.39, 0.29) is 11.9 Å². The Morgan fingerprint density at radius 1 is 1.69 bits per heavy atom. The lowest BCUT2D eigenvalue weighted by Crippen LogP contribution is -2.49. The summed E-state index contributed by atoms with van der Waals surface area (Å²) in [7, 11) is 0. The molecule has 1 amide bonds. The minimum Gasteiger partial charge on any atom is -0.355 e. The molecule has 1 aliphatic rings. The van der Waals surface area contributed by atoms with Gasteiger partial charge in [0.25, 0.3) is 0 Å². The van der Waals surface area contributed by atoms with Crippen LogP contribution in [-0.4, -0.2) is 36.5 Å². The number of thioether (sulfide) groups is 1. The molecule has 0 spiro atoms. The van der Waals surface area contributed by atoms with Crippen LogP contribution in [0.4, 0.5) is 0 Å². The maximum Gasteiger partial charge on any atom is 0.237 e. The zero-order valence-electron chi connectivity index (χ0n) is 8.14. The number of unbranched alkanes of at least 4 members (excludes halogenated alkanes) is 1. The van der Waals surface area contributed by atoms with Crippen molar-refractivity contribution in [3.8, 4) is 0 Å². The number of carbonyl (C=O) groups excluding carboxylic acids is 1. The second-order valence-corrected chi connectivity index (χ2v) is 4.38. The molecule has 1 rings (SSSR count). The smallest absolute Gasteiger partial charge is 0.237 e. The molecule has 0 aromatic rings. The van der Waals surface area contributed by atoms with Gasteiger partial charge in [-0.05, 0) is 6.42 Å². The number of rotatable bonds is 4. The SMILES string of the molecule is CCCCNC(=O)C1CSCCN1. The summed E-state index contributed by atoms with van der Waals surface area (Å²) in [5.74, 6) is 2.21. The van der Waals surface area contributed by atoms with E-state index in [1.807, 2.05) is 11.8 Å². The number of hydrogen-bond acceptors (Lipinski definition) is 3. The van der Waals surface area contributed by atoms with E-state index in [0.717, 1.165) is 37.4 Å². The van der Waals surface area contributed by atoms with E-state index in [1.165, 1.54) is 0 Å². The predicted octanol–water partition coefficient (Wildman–Crippen LogP) is 0.608. The average molecular weight is 202 g/mol. The highest BCUT2D eigenvalue weighted by Gasteiger charge is 2.19. The first-order chi connectivity index (χ1) is 6.34. The molecule has 0 aromatic carbocycles. The first-order valence-corrected chi connectivity index (χ1v) is 6.09. The summed E-state index contributed by atoms with van der Waals surface area (Å²) in [6.45, 7) is 3.90. The van der Waals surface area contributed by atoms with Crippen molar-refractivity contribution >= 4 is 17.7 Å². The van der Waals surface area contributed by atoms with Gasteiger partial charge in [-0.1, -0.05) is 13.3 Å². The van der Waals surface area contributed by atoms with Gasteiger partial charge >= 0.3 is 0 Å². The Morgan fingerprint density at radius 2 is 2.54 bits per heavy atom. The van der Waals surface area contributed by atoms with E-state index in [2.05, 4.69) is 17.6 Å². The van der Waals surface area contributed by atoms with Crippen LogP contribution in [0, 0.1) is 0 Å². The predicted molar refractivity (Wildman–Crippen MR) is 57.0 cm³/mol. The molecule has 1 saturated heterocycles. The summed E-state index contributed by atoms with van der Waals surface area (Å²) in [6.07, 6.45) is 2.21. The van der Waals surface area contributed by atoms with Gasteiger partial charge in [-0.15, -0.1) is 0 Å². The molecule has 1 fully saturated rings. The van der Waals surface area contributed by atoms with Crippen LogP contribution in [0.3, 0.4) is 0 Å². The minimum absolute atomic E-state index is 0.0376. The van der Waals surface area contributed by atoms with E-state index in [0.29, 0.717) is 0 Å². The standard InChI is InChI=1S/C9H18N2OS/c1-2-3-4-11-9(12)8-7-13-6-5-10-8/h8,10H,2-7H2,1H3,(H,11,12). The summed E-state index contributed by atoms with van der Waals surface area (Å²) in [5.41, 5.74) is 0. The molecular formula is C9H18N2OS. The zero-order chi connectivity index (χ0) is 9.52. The molecule has 1 atom stereocenters. The summed E-state index contributed by atoms with van der Waals surface area (Å²) in [4.78, 5) is 11.5. The van der Waals surface area contributed by atoms with E-state index < -0.39 is 0 Å². The summed E-state index contributed by atoms with van der Waals surface area (Å²) < 4.78 is 0. The molecule has 2 N–H and O–H groups in total. The van der Waals surface area contributed by atoms with Gasteiger partial charge in [0.15, 0.2) is 0 Å². The molecule has 0 aromatic heterocycles. The van der Waals surface area contributed by atoms with Crippen molar-refractivity contribution in [1.29, 1.82) is 0 Å². The number of amides is 1. The fraction of sp³-hybridized carbons (Fsp3) is 0.889. The van der Waals surface area contributed by atoms with Crippen LogP contribution >= 0.6 is 11.8 Å². The van der Waals surface area contributed by atoms with E-state index in [1.54, 1.807) is 0 Å². The molecular weight excluding hydrogens is 184 g/mol. The van der Waals surface area contributed by atoms with Gasteiger partial charge in [-0.2, -0.15) is 11.8 Å². The minimum atomic E-state index is 0.0376. The molecule has 0 aliphatic carbocycles. The van der Waals surface area contributed by atoms with Gasteiger partial charge in [-0.3, -0.25) is 4.79 Å². The highest BCUT2D eigenvalue weighted by molar-refractivity contribution is 7.99. The quantitative estimate of drug-likeness (QED) is 0.656. The van der Waals surface area contributed by atoms with Crippen LogP contribution in [0.25, 0.3) is 0 Å². The fourth-order valence-corrected chi connectivity index (χ4v) is 2.18. The molecule has 13 heavy (non-hydrogen) atoms. The topological polar surface area (TPSA) is 41.1 Å². The monoisotopic (exact) mass is 202 g/mol. The Balaban J connectivity index is 2.13. The van der Waals surface area contributed by atoms with Crippen molar-refractivity contribution in [3.05, 3.63) is 0 Å². The van der Waals surface area contributed by atoms with Crippen LogP contribution in [-0.2, 0) is 4.79 Å². The molecule has 1 heterocycles. The Bertz CT molecular complexity index is 158. The van der Waals surface area contributed by atoms with Crippen molar-refractivity contribution in [1.82, 2.24) is 10.6 Å². The van der Waals surface area contributed by atoms with Crippen LogP contribution in [0.2, 0.25) is 0 Å². The molecule has 76 valence electrons. The van der Waals surface area contributed by atoms with Gasteiger partial charge in [0.05, 0.1) is 6.04 Å². The Labute approximate surface area is 84.0 Å². The first kappa shape index (κ1) is 10.9. The lowest BCUT2D eigenvalue weighted by atomic mass is 10.3. The van der Waals surface area contributed by atoms with Gasteiger partial charge in [0.2, 0.25) is 5.91 Å². The summed E-state index contributed by atoms with van der Waals surface area (Å²) >= 11 is 1.85. The zero-order valence-corrected chi connectivity index (χ0v) is 8.95. The third kappa shape index (κ3) is 4.00. The molecule has 1 unspecified atom stereocenters.